The minimum Gasteiger partial charge on any atom is -0.393 e. The van der Waals surface area contributed by atoms with Gasteiger partial charge in [-0.05, 0) is 37.3 Å². The fourth-order valence-corrected chi connectivity index (χ4v) is 3.29. The molecule has 3 rings (SSSR count). The average molecular weight is 329 g/mol. The lowest BCUT2D eigenvalue weighted by Gasteiger charge is -2.33. The predicted molar refractivity (Wildman–Crippen MR) is 92.8 cm³/mol. The maximum absolute atomic E-state index is 12.3. The van der Waals surface area contributed by atoms with E-state index < -0.39 is 0 Å². The van der Waals surface area contributed by atoms with Gasteiger partial charge in [-0.3, -0.25) is 4.79 Å². The van der Waals surface area contributed by atoms with Crippen LogP contribution in [0.3, 0.4) is 0 Å². The molecule has 24 heavy (non-hydrogen) atoms. The van der Waals surface area contributed by atoms with Crippen LogP contribution in [0.5, 0.6) is 0 Å². The predicted octanol–water partition coefficient (Wildman–Crippen LogP) is 1.83. The zero-order chi connectivity index (χ0) is 17.1. The summed E-state index contributed by atoms with van der Waals surface area (Å²) in [7, 11) is 0. The summed E-state index contributed by atoms with van der Waals surface area (Å²) < 4.78 is 0. The number of hydrogen-bond acceptors (Lipinski definition) is 3. The van der Waals surface area contributed by atoms with Crippen molar-refractivity contribution in [1.29, 1.82) is 0 Å². The number of pyridine rings is 1. The van der Waals surface area contributed by atoms with Gasteiger partial charge in [-0.2, -0.15) is 0 Å². The van der Waals surface area contributed by atoms with E-state index in [-0.39, 0.29) is 23.6 Å². The highest BCUT2D eigenvalue weighted by molar-refractivity contribution is 5.82. The lowest BCUT2D eigenvalue weighted by atomic mass is 9.92. The molecule has 1 aliphatic heterocycles. The van der Waals surface area contributed by atoms with E-state index in [1.54, 1.807) is 11.8 Å². The molecule has 1 atom stereocenters. The van der Waals surface area contributed by atoms with Gasteiger partial charge in [0, 0.05) is 36.6 Å². The Hall–Kier alpha value is -2.34. The van der Waals surface area contributed by atoms with Crippen LogP contribution in [-0.4, -0.2) is 40.2 Å². The van der Waals surface area contributed by atoms with Gasteiger partial charge in [0.1, 0.15) is 0 Å². The van der Waals surface area contributed by atoms with Crippen LogP contribution < -0.4 is 10.9 Å². The topological polar surface area (TPSA) is 85.4 Å². The molecule has 2 amide bonds. The number of aromatic nitrogens is 1. The van der Waals surface area contributed by atoms with E-state index in [1.807, 2.05) is 24.3 Å². The minimum atomic E-state index is -0.322. The zero-order valence-corrected chi connectivity index (χ0v) is 13.8. The fraction of sp³-hybridized carbons (Fsp3) is 0.444. The monoisotopic (exact) mass is 329 g/mol. The second kappa shape index (κ2) is 7.05. The molecule has 0 aliphatic carbocycles. The number of aliphatic hydroxyl groups is 1. The summed E-state index contributed by atoms with van der Waals surface area (Å²) in [5.41, 5.74) is 1.41. The Kier molecular flexibility index (Phi) is 4.85. The van der Waals surface area contributed by atoms with Gasteiger partial charge in [-0.15, -0.1) is 0 Å². The molecular weight excluding hydrogens is 306 g/mol. The van der Waals surface area contributed by atoms with Crippen LogP contribution in [-0.2, 0) is 6.54 Å². The summed E-state index contributed by atoms with van der Waals surface area (Å²) in [5.74, 6) is 0.269. The van der Waals surface area contributed by atoms with Crippen molar-refractivity contribution >= 4 is 16.9 Å². The van der Waals surface area contributed by atoms with E-state index in [9.17, 15) is 14.7 Å². The normalized spacial score (nSPS) is 17.0. The summed E-state index contributed by atoms with van der Waals surface area (Å²) >= 11 is 0. The molecule has 1 aliphatic rings. The maximum atomic E-state index is 12.3. The van der Waals surface area contributed by atoms with Gasteiger partial charge in [0.25, 0.3) is 0 Å². The number of urea groups is 1. The minimum absolute atomic E-state index is 0.122. The Balaban J connectivity index is 1.64. The van der Waals surface area contributed by atoms with E-state index in [0.29, 0.717) is 19.6 Å². The summed E-state index contributed by atoms with van der Waals surface area (Å²) in [6.07, 6.45) is 1.32. The first kappa shape index (κ1) is 16.5. The van der Waals surface area contributed by atoms with Crippen LogP contribution in [0.4, 0.5) is 4.79 Å². The van der Waals surface area contributed by atoms with Crippen LogP contribution in [0.25, 0.3) is 10.9 Å². The first-order valence-corrected chi connectivity index (χ1v) is 8.36. The molecule has 1 fully saturated rings. The van der Waals surface area contributed by atoms with Crippen molar-refractivity contribution in [2.75, 3.05) is 13.1 Å². The first-order valence-electron chi connectivity index (χ1n) is 8.36. The molecule has 1 saturated heterocycles. The number of nitrogens with zero attached hydrogens (tertiary/aromatic N) is 1. The fourth-order valence-electron chi connectivity index (χ4n) is 3.29. The number of rotatable bonds is 3. The van der Waals surface area contributed by atoms with Crippen LogP contribution >= 0.6 is 0 Å². The molecule has 2 heterocycles. The molecule has 1 unspecified atom stereocenters. The quantitative estimate of drug-likeness (QED) is 0.803. The third-order valence-corrected chi connectivity index (χ3v) is 4.78. The van der Waals surface area contributed by atoms with Gasteiger partial charge in [0.15, 0.2) is 0 Å². The highest BCUT2D eigenvalue weighted by Gasteiger charge is 2.25. The number of aliphatic hydroxyl groups excluding tert-OH is 1. The molecule has 6 heteroatoms. The SMILES string of the molecule is CC(O)C1CCN(C(=O)NCc2cc(=O)[nH]c3ccccc23)CC1. The van der Waals surface area contributed by atoms with Crippen molar-refractivity contribution in [3.8, 4) is 0 Å². The highest BCUT2D eigenvalue weighted by atomic mass is 16.3. The van der Waals surface area contributed by atoms with Crippen molar-refractivity contribution < 1.29 is 9.90 Å². The Morgan fingerprint density at radius 1 is 1.38 bits per heavy atom. The van der Waals surface area contributed by atoms with Gasteiger partial charge in [0.05, 0.1) is 6.10 Å². The van der Waals surface area contributed by atoms with Gasteiger partial charge in [0.2, 0.25) is 5.56 Å². The summed E-state index contributed by atoms with van der Waals surface area (Å²) in [6, 6.07) is 8.97. The number of amides is 2. The van der Waals surface area contributed by atoms with E-state index in [0.717, 1.165) is 29.3 Å². The largest absolute Gasteiger partial charge is 0.393 e. The number of piperidine rings is 1. The Bertz CT molecular complexity index is 776. The number of fused-ring (bicyclic) bond motifs is 1. The van der Waals surface area contributed by atoms with Crippen LogP contribution in [0.1, 0.15) is 25.3 Å². The van der Waals surface area contributed by atoms with Crippen molar-refractivity contribution in [2.45, 2.75) is 32.4 Å². The lowest BCUT2D eigenvalue weighted by molar-refractivity contribution is 0.0798. The van der Waals surface area contributed by atoms with Gasteiger partial charge in [-0.25, -0.2) is 4.79 Å². The van der Waals surface area contributed by atoms with E-state index in [2.05, 4.69) is 10.3 Å². The molecule has 128 valence electrons. The van der Waals surface area contributed by atoms with E-state index in [1.165, 1.54) is 6.07 Å². The number of hydrogen-bond donors (Lipinski definition) is 3. The first-order chi connectivity index (χ1) is 11.5. The zero-order valence-electron chi connectivity index (χ0n) is 13.8. The van der Waals surface area contributed by atoms with Crippen LogP contribution in [0.15, 0.2) is 35.1 Å². The Morgan fingerprint density at radius 2 is 2.08 bits per heavy atom. The second-order valence-electron chi connectivity index (χ2n) is 6.43. The number of benzene rings is 1. The molecule has 6 nitrogen and oxygen atoms in total. The third kappa shape index (κ3) is 3.59. The number of H-pyrrole nitrogens is 1. The van der Waals surface area contributed by atoms with Crippen molar-refractivity contribution in [2.24, 2.45) is 5.92 Å². The number of nitrogens with one attached hydrogen (secondary N) is 2. The summed E-state index contributed by atoms with van der Waals surface area (Å²) in [4.78, 5) is 28.6. The summed E-state index contributed by atoms with van der Waals surface area (Å²) in [6.45, 7) is 3.42. The second-order valence-corrected chi connectivity index (χ2v) is 6.43. The Labute approximate surface area is 140 Å². The van der Waals surface area contributed by atoms with Gasteiger partial charge >= 0.3 is 6.03 Å². The van der Waals surface area contributed by atoms with E-state index >= 15 is 0 Å². The number of aromatic amines is 1. The third-order valence-electron chi connectivity index (χ3n) is 4.78. The van der Waals surface area contributed by atoms with Crippen LogP contribution in [0.2, 0.25) is 0 Å². The molecule has 0 spiro atoms. The molecule has 2 aromatic rings. The highest BCUT2D eigenvalue weighted by Crippen LogP contribution is 2.20. The van der Waals surface area contributed by atoms with Gasteiger partial charge < -0.3 is 20.3 Å². The molecule has 3 N–H and O–H groups in total. The standard InChI is InChI=1S/C18H23N3O3/c1-12(22)13-6-8-21(9-7-13)18(24)19-11-14-10-17(23)20-16-5-3-2-4-15(14)16/h2-5,10,12-13,22H,6-9,11H2,1H3,(H,19,24)(H,20,23). The number of para-hydroxylation sites is 1. The molecule has 0 radical (unpaired) electrons. The lowest BCUT2D eigenvalue weighted by Crippen LogP contribution is -2.45. The molecule has 1 aromatic heterocycles. The van der Waals surface area contributed by atoms with Crippen LogP contribution in [0, 0.1) is 5.92 Å². The Morgan fingerprint density at radius 3 is 2.79 bits per heavy atom. The van der Waals surface area contributed by atoms with E-state index in [4.69, 9.17) is 0 Å². The molecule has 0 bridgehead atoms. The molecule has 1 aromatic carbocycles. The van der Waals surface area contributed by atoms with Crippen molar-refractivity contribution in [3.05, 3.63) is 46.2 Å². The number of carbonyl (C=O) groups is 1. The summed E-state index contributed by atoms with van der Waals surface area (Å²) in [5, 5.41) is 13.5. The van der Waals surface area contributed by atoms with Crippen molar-refractivity contribution in [1.82, 2.24) is 15.2 Å². The number of carbonyl (C=O) groups excluding carboxylic acids is 1. The molecule has 0 saturated carbocycles. The average Bonchev–Trinajstić information content (AvgIpc) is 2.59. The maximum Gasteiger partial charge on any atom is 0.317 e. The van der Waals surface area contributed by atoms with Crippen molar-refractivity contribution in [3.63, 3.8) is 0 Å². The van der Waals surface area contributed by atoms with Gasteiger partial charge in [-0.1, -0.05) is 18.2 Å². The molecular formula is C18H23N3O3. The smallest absolute Gasteiger partial charge is 0.317 e. The number of likely N-dealkylation sites (tertiary alicyclic amines) is 1.